The number of hydrogen-bond donors (Lipinski definition) is 0. The molecule has 0 unspecified atom stereocenters. The predicted octanol–water partition coefficient (Wildman–Crippen LogP) is -5.52. The smallest absolute Gasteiger partial charge is 0.0672 e. The molecule has 0 bridgehead atoms. The van der Waals surface area contributed by atoms with Crippen LogP contribution in [-0.2, 0) is 19.2 Å². The zero-order chi connectivity index (χ0) is 14.9. The number of rotatable bonds is 6. The van der Waals surface area contributed by atoms with Gasteiger partial charge in [-0.05, 0) is 11.1 Å². The summed E-state index contributed by atoms with van der Waals surface area (Å²) >= 11 is 0. The van der Waals surface area contributed by atoms with E-state index in [1.807, 2.05) is 0 Å². The molecule has 0 spiro atoms. The maximum atomic E-state index is 9.73. The Morgan fingerprint density at radius 2 is 0.895 bits per heavy atom. The van der Waals surface area contributed by atoms with Crippen molar-refractivity contribution in [2.45, 2.75) is 12.8 Å². The summed E-state index contributed by atoms with van der Waals surface area (Å²) < 4.78 is 0. The van der Waals surface area contributed by atoms with Gasteiger partial charge in [0.1, 0.15) is 0 Å². The van der Waals surface area contributed by atoms with Gasteiger partial charge in [0.25, 0.3) is 0 Å². The fourth-order valence-electron chi connectivity index (χ4n) is 0.493. The average Bonchev–Trinajstić information content (AvgIpc) is 2.16. The van der Waals surface area contributed by atoms with Crippen LogP contribution in [0.25, 0.3) is 0 Å². The fraction of sp³-hybridized carbons (Fsp3) is 0.200. The Hall–Kier alpha value is -1.72. The van der Waals surface area contributed by atoms with Crippen LogP contribution in [0.4, 0.5) is 0 Å². The molecule has 0 aromatic heterocycles. The van der Waals surface area contributed by atoms with Gasteiger partial charge in [-0.1, -0.05) is 13.2 Å². The van der Waals surface area contributed by atoms with E-state index in [1.165, 1.54) is 0 Å². The molecule has 0 N–H and O–H groups in total. The maximum Gasteiger partial charge on any atom is 0.0672 e. The number of carbonyl (C=O) groups is 4. The topological polar surface area (TPSA) is 161 Å². The molecule has 19 heavy (non-hydrogen) atoms. The van der Waals surface area contributed by atoms with Crippen molar-refractivity contribution in [1.29, 1.82) is 0 Å². The molecule has 0 amide bonds. The van der Waals surface area contributed by atoms with Gasteiger partial charge in [-0.25, -0.2) is 0 Å². The fourth-order valence-corrected chi connectivity index (χ4v) is 0.493. The van der Waals surface area contributed by atoms with Gasteiger partial charge in [-0.3, -0.25) is 0 Å². The van der Waals surface area contributed by atoms with Crippen molar-refractivity contribution in [1.82, 2.24) is 0 Å². The first-order chi connectivity index (χ1) is 8.07. The van der Waals surface area contributed by atoms with Crippen LogP contribution in [0.15, 0.2) is 24.3 Å². The van der Waals surface area contributed by atoms with Crippen molar-refractivity contribution in [3.05, 3.63) is 24.3 Å². The number of hydrogen-bond acceptors (Lipinski definition) is 8. The van der Waals surface area contributed by atoms with Crippen LogP contribution < -0.4 is 20.4 Å². The summed E-state index contributed by atoms with van der Waals surface area (Å²) in [5, 5.41) is 38.8. The zero-order valence-corrected chi connectivity index (χ0v) is 13.5. The molecule has 8 nitrogen and oxygen atoms in total. The standard InChI is InChI=1S/2C5H6O4.Pb/c2*1-3(5(8)9)2-4(6)7;/h2*1-2H2,(H,6,7)(H,8,9);/p-4. The zero-order valence-electron chi connectivity index (χ0n) is 9.59. The number of aliphatic carboxylic acids is 4. The van der Waals surface area contributed by atoms with Crippen molar-refractivity contribution >= 4 is 51.2 Å². The van der Waals surface area contributed by atoms with E-state index in [-0.39, 0.29) is 27.3 Å². The van der Waals surface area contributed by atoms with E-state index < -0.39 is 47.9 Å². The van der Waals surface area contributed by atoms with Gasteiger partial charge in [0.05, 0.1) is 11.9 Å². The molecule has 0 aromatic rings. The average molecular weight is 463 g/mol. The molecule has 104 valence electrons. The summed E-state index contributed by atoms with van der Waals surface area (Å²) in [6.45, 7) is 5.82. The van der Waals surface area contributed by atoms with Crippen LogP contribution in [0.5, 0.6) is 0 Å². The van der Waals surface area contributed by atoms with Gasteiger partial charge in [-0.15, -0.1) is 0 Å². The second-order valence-corrected chi connectivity index (χ2v) is 2.88. The summed E-state index contributed by atoms with van der Waals surface area (Å²) in [6.07, 6.45) is -1.36. The summed E-state index contributed by atoms with van der Waals surface area (Å²) in [5.41, 5.74) is -0.954. The monoisotopic (exact) mass is 464 g/mol. The van der Waals surface area contributed by atoms with Gasteiger partial charge < -0.3 is 39.6 Å². The predicted molar refractivity (Wildman–Crippen MR) is 53.3 cm³/mol. The van der Waals surface area contributed by atoms with Crippen molar-refractivity contribution in [3.63, 3.8) is 0 Å². The van der Waals surface area contributed by atoms with Crippen LogP contribution in [0.3, 0.4) is 0 Å². The van der Waals surface area contributed by atoms with Gasteiger partial charge >= 0.3 is 0 Å². The van der Waals surface area contributed by atoms with E-state index in [4.69, 9.17) is 0 Å². The van der Waals surface area contributed by atoms with E-state index in [1.54, 1.807) is 0 Å². The second-order valence-electron chi connectivity index (χ2n) is 2.88. The maximum absolute atomic E-state index is 9.73. The van der Waals surface area contributed by atoms with Crippen molar-refractivity contribution in [3.8, 4) is 0 Å². The third kappa shape index (κ3) is 16.3. The van der Waals surface area contributed by atoms with E-state index in [0.29, 0.717) is 0 Å². The van der Waals surface area contributed by atoms with Crippen LogP contribution >= 0.6 is 0 Å². The SMILES string of the molecule is C=C(CC(=O)[O-])C(=O)[O-].C=C(CC(=O)[O-])C(=O)[O-].[Pb]. The minimum Gasteiger partial charge on any atom is -0.550 e. The molecule has 0 aliphatic rings. The third-order valence-corrected chi connectivity index (χ3v) is 1.29. The minimum absolute atomic E-state index is 0. The summed E-state index contributed by atoms with van der Waals surface area (Å²) in [6, 6.07) is 0. The molecule has 0 atom stereocenters. The molecule has 0 saturated heterocycles. The Kier molecular flexibility index (Phi) is 13.4. The first-order valence-electron chi connectivity index (χ1n) is 4.25. The number of carboxylic acid groups (broad SMARTS) is 4. The van der Waals surface area contributed by atoms with E-state index in [9.17, 15) is 39.6 Å². The van der Waals surface area contributed by atoms with Crippen LogP contribution in [0.1, 0.15) is 12.8 Å². The Morgan fingerprint density at radius 1 is 0.684 bits per heavy atom. The molecular formula is C10H8O8Pb-4. The number of carbonyl (C=O) groups excluding carboxylic acids is 4. The molecule has 4 radical (unpaired) electrons. The molecule has 0 aliphatic carbocycles. The van der Waals surface area contributed by atoms with E-state index in [2.05, 4.69) is 13.2 Å². The number of carboxylic acids is 4. The quantitative estimate of drug-likeness (QED) is 0.278. The summed E-state index contributed by atoms with van der Waals surface area (Å²) in [5.74, 6) is -6.05. The van der Waals surface area contributed by atoms with Gasteiger partial charge in [0, 0.05) is 52.1 Å². The summed E-state index contributed by atoms with van der Waals surface area (Å²) in [7, 11) is 0. The molecule has 9 heteroatoms. The van der Waals surface area contributed by atoms with Crippen molar-refractivity contribution < 1.29 is 39.6 Å². The summed E-state index contributed by atoms with van der Waals surface area (Å²) in [4.78, 5) is 38.8. The molecule has 0 saturated carbocycles. The Bertz CT molecular complexity index is 360. The first kappa shape index (κ1) is 22.5. The first-order valence-corrected chi connectivity index (χ1v) is 4.25. The Balaban J connectivity index is -0.000000256. The van der Waals surface area contributed by atoms with Crippen molar-refractivity contribution in [2.75, 3.05) is 0 Å². The Morgan fingerprint density at radius 3 is 0.947 bits per heavy atom. The van der Waals surface area contributed by atoms with E-state index >= 15 is 0 Å². The largest absolute Gasteiger partial charge is 0.550 e. The van der Waals surface area contributed by atoms with Gasteiger partial charge in [0.2, 0.25) is 0 Å². The van der Waals surface area contributed by atoms with Crippen LogP contribution in [0.2, 0.25) is 0 Å². The molecule has 0 fully saturated rings. The van der Waals surface area contributed by atoms with E-state index in [0.717, 1.165) is 0 Å². The normalized spacial score (nSPS) is 8.00. The third-order valence-electron chi connectivity index (χ3n) is 1.29. The molecule has 0 aliphatic heterocycles. The Labute approximate surface area is 128 Å². The minimum atomic E-state index is -1.56. The molecule has 0 aromatic carbocycles. The van der Waals surface area contributed by atoms with Crippen LogP contribution in [0, 0.1) is 0 Å². The second kappa shape index (κ2) is 11.4. The van der Waals surface area contributed by atoms with Crippen molar-refractivity contribution in [2.24, 2.45) is 0 Å². The molecule has 0 heterocycles. The van der Waals surface area contributed by atoms with Gasteiger partial charge in [-0.2, -0.15) is 0 Å². The molecular weight excluding hydrogens is 455 g/mol. The van der Waals surface area contributed by atoms with Crippen LogP contribution in [-0.4, -0.2) is 51.2 Å². The molecule has 0 rings (SSSR count). The van der Waals surface area contributed by atoms with Gasteiger partial charge in [0.15, 0.2) is 0 Å².